The fourth-order valence-electron chi connectivity index (χ4n) is 1.99. The van der Waals surface area contributed by atoms with Crippen LogP contribution < -0.4 is 5.32 Å². The zero-order valence-electron chi connectivity index (χ0n) is 12.1. The van der Waals surface area contributed by atoms with Crippen LogP contribution in [0.25, 0.3) is 0 Å². The van der Waals surface area contributed by atoms with Crippen LogP contribution >= 0.6 is 11.8 Å². The molecule has 1 amide bonds. The van der Waals surface area contributed by atoms with Crippen molar-refractivity contribution in [2.24, 2.45) is 0 Å². The minimum atomic E-state index is -0.230. The molecule has 1 aromatic heterocycles. The first-order valence-corrected chi connectivity index (χ1v) is 7.79. The third-order valence-corrected chi connectivity index (χ3v) is 4.05. The van der Waals surface area contributed by atoms with E-state index in [4.69, 9.17) is 4.74 Å². The summed E-state index contributed by atoms with van der Waals surface area (Å²) in [7, 11) is 0. The zero-order valence-corrected chi connectivity index (χ0v) is 12.9. The number of hydrogen-bond donors (Lipinski definition) is 1. The van der Waals surface area contributed by atoms with Crippen molar-refractivity contribution in [2.45, 2.75) is 62.7 Å². The smallest absolute Gasteiger partial charge is 0.233 e. The first-order valence-electron chi connectivity index (χ1n) is 6.91. The maximum atomic E-state index is 11.9. The number of ether oxygens (including phenoxy) is 1. The molecule has 2 rings (SSSR count). The molecule has 0 spiro atoms. The molecule has 0 saturated carbocycles. The lowest BCUT2D eigenvalue weighted by molar-refractivity contribution is -0.120. The molecule has 1 aliphatic heterocycles. The number of thioether (sulfide) groups is 1. The van der Waals surface area contributed by atoms with E-state index in [-0.39, 0.29) is 23.3 Å². The van der Waals surface area contributed by atoms with E-state index in [0.29, 0.717) is 11.7 Å². The van der Waals surface area contributed by atoms with E-state index in [1.54, 1.807) is 4.68 Å². The van der Waals surface area contributed by atoms with Gasteiger partial charge in [-0.3, -0.25) is 4.79 Å². The number of carbonyl (C=O) groups is 1. The lowest BCUT2D eigenvalue weighted by Crippen LogP contribution is -2.36. The predicted molar refractivity (Wildman–Crippen MR) is 75.4 cm³/mol. The topological polar surface area (TPSA) is 81.9 Å². The van der Waals surface area contributed by atoms with Gasteiger partial charge in [-0.05, 0) is 44.0 Å². The van der Waals surface area contributed by atoms with E-state index in [0.717, 1.165) is 19.4 Å². The van der Waals surface area contributed by atoms with Crippen LogP contribution in [-0.4, -0.2) is 50.1 Å². The first-order chi connectivity index (χ1) is 9.56. The minimum Gasteiger partial charge on any atom is -0.376 e. The Labute approximate surface area is 122 Å². The number of hydrogen-bond acceptors (Lipinski definition) is 6. The van der Waals surface area contributed by atoms with Crippen LogP contribution in [-0.2, 0) is 16.1 Å². The second-order valence-electron chi connectivity index (χ2n) is 5.20. The molecule has 1 saturated heterocycles. The number of nitrogens with zero attached hydrogens (tertiary/aromatic N) is 4. The highest BCUT2D eigenvalue weighted by Gasteiger charge is 2.22. The Hall–Kier alpha value is -1.15. The lowest BCUT2D eigenvalue weighted by atomic mass is 10.2. The summed E-state index contributed by atoms with van der Waals surface area (Å²) in [6.45, 7) is 7.19. The molecular formula is C12H21N5O2S. The molecule has 1 aromatic rings. The highest BCUT2D eigenvalue weighted by atomic mass is 32.2. The van der Waals surface area contributed by atoms with Crippen LogP contribution in [0.2, 0.25) is 0 Å². The average Bonchev–Trinajstić information content (AvgIpc) is 3.01. The fraction of sp³-hybridized carbons (Fsp3) is 0.833. The Bertz CT molecular complexity index is 445. The average molecular weight is 299 g/mol. The van der Waals surface area contributed by atoms with Crippen LogP contribution in [0.15, 0.2) is 5.16 Å². The van der Waals surface area contributed by atoms with E-state index in [9.17, 15) is 4.79 Å². The van der Waals surface area contributed by atoms with Crippen LogP contribution in [0.4, 0.5) is 0 Å². The summed E-state index contributed by atoms with van der Waals surface area (Å²) in [5, 5.41) is 15.0. The fourth-order valence-corrected chi connectivity index (χ4v) is 2.80. The maximum absolute atomic E-state index is 11.9. The van der Waals surface area contributed by atoms with E-state index in [2.05, 4.69) is 20.8 Å². The SMILES string of the molecule is CC(C)NC(=O)[C@H](C)Sc1nnnn1C[C@H]1CCCO1. The zero-order chi connectivity index (χ0) is 14.5. The van der Waals surface area contributed by atoms with E-state index in [1.807, 2.05) is 20.8 Å². The lowest BCUT2D eigenvalue weighted by Gasteiger charge is -2.14. The number of amides is 1. The quantitative estimate of drug-likeness (QED) is 0.785. The number of aromatic nitrogens is 4. The largest absolute Gasteiger partial charge is 0.376 e. The van der Waals surface area contributed by atoms with Crippen molar-refractivity contribution in [1.29, 1.82) is 0 Å². The summed E-state index contributed by atoms with van der Waals surface area (Å²) < 4.78 is 7.30. The van der Waals surface area contributed by atoms with Crippen LogP contribution in [0.1, 0.15) is 33.6 Å². The second-order valence-corrected chi connectivity index (χ2v) is 6.51. The van der Waals surface area contributed by atoms with Crippen LogP contribution in [0, 0.1) is 0 Å². The Morgan fingerprint density at radius 1 is 1.55 bits per heavy atom. The molecule has 2 atom stereocenters. The maximum Gasteiger partial charge on any atom is 0.233 e. The van der Waals surface area contributed by atoms with Crippen molar-refractivity contribution in [3.05, 3.63) is 0 Å². The normalized spacial score (nSPS) is 20.3. The standard InChI is InChI=1S/C12H21N5O2S/c1-8(2)13-11(18)9(3)20-12-14-15-16-17(12)7-10-5-4-6-19-10/h8-10H,4-7H2,1-3H3,(H,13,18)/t9-,10+/m0/s1. The van der Waals surface area contributed by atoms with E-state index >= 15 is 0 Å². The Morgan fingerprint density at radius 2 is 2.35 bits per heavy atom. The first kappa shape index (κ1) is 15.2. The van der Waals surface area contributed by atoms with Crippen molar-refractivity contribution >= 4 is 17.7 Å². The van der Waals surface area contributed by atoms with Crippen molar-refractivity contribution < 1.29 is 9.53 Å². The molecule has 2 heterocycles. The van der Waals surface area contributed by atoms with Crippen LogP contribution in [0.3, 0.4) is 0 Å². The Morgan fingerprint density at radius 3 is 3.00 bits per heavy atom. The number of carbonyl (C=O) groups excluding carboxylic acids is 1. The summed E-state index contributed by atoms with van der Waals surface area (Å²) in [6.07, 6.45) is 2.30. The van der Waals surface area contributed by atoms with Gasteiger partial charge in [0, 0.05) is 12.6 Å². The molecule has 0 radical (unpaired) electrons. The van der Waals surface area contributed by atoms with Gasteiger partial charge in [-0.2, -0.15) is 0 Å². The highest BCUT2D eigenvalue weighted by Crippen LogP contribution is 2.22. The third-order valence-electron chi connectivity index (χ3n) is 2.98. The summed E-state index contributed by atoms with van der Waals surface area (Å²) in [5.41, 5.74) is 0. The highest BCUT2D eigenvalue weighted by molar-refractivity contribution is 8.00. The summed E-state index contributed by atoms with van der Waals surface area (Å²) in [6, 6.07) is 0.133. The molecule has 0 aliphatic carbocycles. The Balaban J connectivity index is 1.92. The third kappa shape index (κ3) is 4.17. The van der Waals surface area contributed by atoms with Crippen molar-refractivity contribution in [3.63, 3.8) is 0 Å². The predicted octanol–water partition coefficient (Wildman–Crippen LogP) is 0.857. The van der Waals surface area contributed by atoms with Gasteiger partial charge >= 0.3 is 0 Å². The molecule has 112 valence electrons. The Kier molecular flexibility index (Phi) is 5.36. The summed E-state index contributed by atoms with van der Waals surface area (Å²) in [4.78, 5) is 11.9. The monoisotopic (exact) mass is 299 g/mol. The van der Waals surface area contributed by atoms with Gasteiger partial charge in [0.15, 0.2) is 0 Å². The molecule has 20 heavy (non-hydrogen) atoms. The second kappa shape index (κ2) is 7.03. The van der Waals surface area contributed by atoms with Gasteiger partial charge in [0.05, 0.1) is 17.9 Å². The molecule has 8 heteroatoms. The molecule has 0 aromatic carbocycles. The number of nitrogens with one attached hydrogen (secondary N) is 1. The van der Waals surface area contributed by atoms with Gasteiger partial charge in [0.2, 0.25) is 11.1 Å². The molecular weight excluding hydrogens is 278 g/mol. The van der Waals surface area contributed by atoms with E-state index < -0.39 is 0 Å². The molecule has 1 N–H and O–H groups in total. The van der Waals surface area contributed by atoms with Gasteiger partial charge in [-0.25, -0.2) is 4.68 Å². The molecule has 1 aliphatic rings. The minimum absolute atomic E-state index is 0.00309. The van der Waals surface area contributed by atoms with Gasteiger partial charge in [-0.1, -0.05) is 11.8 Å². The molecule has 0 unspecified atom stereocenters. The van der Waals surface area contributed by atoms with Crippen molar-refractivity contribution in [3.8, 4) is 0 Å². The summed E-state index contributed by atoms with van der Waals surface area (Å²) >= 11 is 1.37. The molecule has 7 nitrogen and oxygen atoms in total. The van der Waals surface area contributed by atoms with Crippen molar-refractivity contribution in [2.75, 3.05) is 6.61 Å². The molecule has 1 fully saturated rings. The van der Waals surface area contributed by atoms with Gasteiger partial charge in [-0.15, -0.1) is 5.10 Å². The summed E-state index contributed by atoms with van der Waals surface area (Å²) in [5.74, 6) is -0.00309. The number of rotatable bonds is 6. The van der Waals surface area contributed by atoms with Gasteiger partial charge in [0.1, 0.15) is 0 Å². The van der Waals surface area contributed by atoms with Crippen LogP contribution in [0.5, 0.6) is 0 Å². The van der Waals surface area contributed by atoms with Crippen molar-refractivity contribution in [1.82, 2.24) is 25.5 Å². The number of tetrazole rings is 1. The molecule has 0 bridgehead atoms. The van der Waals surface area contributed by atoms with Gasteiger partial charge < -0.3 is 10.1 Å². The van der Waals surface area contributed by atoms with Gasteiger partial charge in [0.25, 0.3) is 0 Å². The van der Waals surface area contributed by atoms with E-state index in [1.165, 1.54) is 11.8 Å².